The van der Waals surface area contributed by atoms with Crippen molar-refractivity contribution in [1.82, 2.24) is 30.5 Å². The highest BCUT2D eigenvalue weighted by molar-refractivity contribution is 6.01. The number of allylic oxidation sites excluding steroid dienone is 5. The molecular weight excluding hydrogens is 456 g/mol. The second-order valence-corrected chi connectivity index (χ2v) is 9.37. The fraction of sp³-hybridized carbons (Fsp3) is 0.129. The number of rotatable bonds is 8. The fourth-order valence-electron chi connectivity index (χ4n) is 4.71. The van der Waals surface area contributed by atoms with Crippen molar-refractivity contribution in [3.05, 3.63) is 110 Å². The molecule has 0 atom stereocenters. The second-order valence-electron chi connectivity index (χ2n) is 9.37. The van der Waals surface area contributed by atoms with Crippen LogP contribution in [0.1, 0.15) is 25.3 Å². The number of pyridine rings is 2. The zero-order valence-electron chi connectivity index (χ0n) is 20.8. The molecule has 1 saturated carbocycles. The van der Waals surface area contributed by atoms with Gasteiger partial charge in [-0.25, -0.2) is 0 Å². The highest BCUT2D eigenvalue weighted by Crippen LogP contribution is 2.36. The number of hydrogen-bond donors (Lipinski definition) is 3. The molecule has 1 fully saturated rings. The van der Waals surface area contributed by atoms with Crippen molar-refractivity contribution in [3.63, 3.8) is 0 Å². The van der Waals surface area contributed by atoms with E-state index < -0.39 is 0 Å². The van der Waals surface area contributed by atoms with Crippen LogP contribution in [-0.4, -0.2) is 25.1 Å². The maximum Gasteiger partial charge on any atom is 0.116 e. The van der Waals surface area contributed by atoms with Gasteiger partial charge >= 0.3 is 0 Å². The summed E-state index contributed by atoms with van der Waals surface area (Å²) in [6.45, 7) is 10.2. The van der Waals surface area contributed by atoms with Crippen LogP contribution in [0, 0.1) is 5.92 Å². The first-order chi connectivity index (χ1) is 18.1. The first kappa shape index (κ1) is 22.7. The lowest BCUT2D eigenvalue weighted by Crippen LogP contribution is -2.11. The second kappa shape index (κ2) is 9.39. The summed E-state index contributed by atoms with van der Waals surface area (Å²) in [7, 11) is 0. The number of hydrogen-bond acceptors (Lipinski definition) is 4. The molecule has 0 saturated heterocycles. The maximum absolute atomic E-state index is 4.67. The molecule has 0 radical (unpaired) electrons. The van der Waals surface area contributed by atoms with E-state index in [0.717, 1.165) is 66.9 Å². The van der Waals surface area contributed by atoms with Crippen LogP contribution < -0.4 is 5.32 Å². The first-order valence-corrected chi connectivity index (χ1v) is 12.5. The Morgan fingerprint density at radius 1 is 1.03 bits per heavy atom. The van der Waals surface area contributed by atoms with Crippen LogP contribution in [0.15, 0.2) is 104 Å². The van der Waals surface area contributed by atoms with E-state index in [2.05, 4.69) is 80.0 Å². The Labute approximate surface area is 215 Å². The molecule has 1 aliphatic rings. The van der Waals surface area contributed by atoms with Gasteiger partial charge in [0.25, 0.3) is 0 Å². The van der Waals surface area contributed by atoms with E-state index in [1.54, 1.807) is 12.4 Å². The first-order valence-electron chi connectivity index (χ1n) is 12.5. The van der Waals surface area contributed by atoms with E-state index in [0.29, 0.717) is 5.92 Å². The summed E-state index contributed by atoms with van der Waals surface area (Å²) < 4.78 is 0. The number of nitrogens with one attached hydrogen (secondary N) is 3. The molecule has 0 bridgehead atoms. The maximum atomic E-state index is 4.67. The van der Waals surface area contributed by atoms with Gasteiger partial charge in [-0.2, -0.15) is 5.10 Å². The van der Waals surface area contributed by atoms with Gasteiger partial charge in [0.1, 0.15) is 5.69 Å². The molecule has 3 N–H and O–H groups in total. The summed E-state index contributed by atoms with van der Waals surface area (Å²) >= 11 is 0. The number of aromatic amines is 2. The lowest BCUT2D eigenvalue weighted by molar-refractivity contribution is 0.865. The van der Waals surface area contributed by atoms with Gasteiger partial charge in [0, 0.05) is 46.3 Å². The van der Waals surface area contributed by atoms with Crippen molar-refractivity contribution in [2.24, 2.45) is 5.92 Å². The van der Waals surface area contributed by atoms with Crippen LogP contribution in [-0.2, 0) is 0 Å². The molecule has 6 heteroatoms. The summed E-state index contributed by atoms with van der Waals surface area (Å²) in [4.78, 5) is 12.1. The molecule has 1 aromatic carbocycles. The number of H-pyrrole nitrogens is 2. The number of nitrogens with zero attached hydrogens (tertiary/aromatic N) is 3. The Hall–Kier alpha value is -4.71. The SMILES string of the molecule is C=C/C(=C\C(=C/C)c1ccc2[nH]nc(-c3cc4c(-c5ccncc5)cncc4[nH]3)c2c1)NC(=C)C1CC1. The summed E-state index contributed by atoms with van der Waals surface area (Å²) in [5.41, 5.74) is 10.1. The molecule has 37 heavy (non-hydrogen) atoms. The molecule has 4 heterocycles. The van der Waals surface area contributed by atoms with E-state index >= 15 is 0 Å². The molecule has 1 aliphatic carbocycles. The highest BCUT2D eigenvalue weighted by Gasteiger charge is 2.24. The minimum Gasteiger partial charge on any atom is -0.359 e. The summed E-state index contributed by atoms with van der Waals surface area (Å²) in [5.74, 6) is 0.577. The Morgan fingerprint density at radius 2 is 1.86 bits per heavy atom. The van der Waals surface area contributed by atoms with Crippen LogP contribution in [0.25, 0.3) is 49.9 Å². The van der Waals surface area contributed by atoms with Crippen LogP contribution >= 0.6 is 0 Å². The Morgan fingerprint density at radius 3 is 2.62 bits per heavy atom. The Kier molecular flexibility index (Phi) is 5.77. The van der Waals surface area contributed by atoms with Gasteiger partial charge < -0.3 is 10.3 Å². The zero-order valence-corrected chi connectivity index (χ0v) is 20.8. The molecule has 0 amide bonds. The fourth-order valence-corrected chi connectivity index (χ4v) is 4.71. The van der Waals surface area contributed by atoms with Gasteiger partial charge in [-0.3, -0.25) is 15.1 Å². The van der Waals surface area contributed by atoms with Crippen LogP contribution in [0.3, 0.4) is 0 Å². The predicted octanol–water partition coefficient (Wildman–Crippen LogP) is 7.15. The van der Waals surface area contributed by atoms with E-state index in [1.807, 2.05) is 37.5 Å². The van der Waals surface area contributed by atoms with Crippen molar-refractivity contribution in [3.8, 4) is 22.5 Å². The van der Waals surface area contributed by atoms with Gasteiger partial charge in [0.15, 0.2) is 0 Å². The lowest BCUT2D eigenvalue weighted by atomic mass is 10.0. The third-order valence-electron chi connectivity index (χ3n) is 6.91. The monoisotopic (exact) mass is 484 g/mol. The minimum atomic E-state index is 0.577. The molecule has 0 aliphatic heterocycles. The van der Waals surface area contributed by atoms with Crippen molar-refractivity contribution >= 4 is 27.4 Å². The highest BCUT2D eigenvalue weighted by atomic mass is 15.1. The number of fused-ring (bicyclic) bond motifs is 2. The van der Waals surface area contributed by atoms with Crippen molar-refractivity contribution in [1.29, 1.82) is 0 Å². The molecule has 182 valence electrons. The third-order valence-corrected chi connectivity index (χ3v) is 6.91. The molecular formula is C31H28N6. The minimum absolute atomic E-state index is 0.577. The average Bonchev–Trinajstić information content (AvgIpc) is 3.57. The molecule has 6 rings (SSSR count). The smallest absolute Gasteiger partial charge is 0.116 e. The molecule has 0 spiro atoms. The summed E-state index contributed by atoms with van der Waals surface area (Å²) in [6.07, 6.45) is 15.8. The van der Waals surface area contributed by atoms with Gasteiger partial charge in [0.05, 0.1) is 22.9 Å². The van der Waals surface area contributed by atoms with Crippen LogP contribution in [0.4, 0.5) is 0 Å². The Balaban J connectivity index is 1.39. The van der Waals surface area contributed by atoms with Crippen molar-refractivity contribution in [2.45, 2.75) is 19.8 Å². The van der Waals surface area contributed by atoms with E-state index in [4.69, 9.17) is 0 Å². The predicted molar refractivity (Wildman–Crippen MR) is 151 cm³/mol. The number of aromatic nitrogens is 5. The zero-order chi connectivity index (χ0) is 25.4. The third kappa shape index (κ3) is 4.38. The van der Waals surface area contributed by atoms with Gasteiger partial charge in [-0.15, -0.1) is 0 Å². The topological polar surface area (TPSA) is 82.3 Å². The van der Waals surface area contributed by atoms with Gasteiger partial charge in [0.2, 0.25) is 0 Å². The van der Waals surface area contributed by atoms with E-state index in [-0.39, 0.29) is 0 Å². The summed E-state index contributed by atoms with van der Waals surface area (Å²) in [6, 6.07) is 12.5. The quantitative estimate of drug-likeness (QED) is 0.204. The normalized spacial score (nSPS) is 14.3. The number of benzene rings is 1. The largest absolute Gasteiger partial charge is 0.359 e. The van der Waals surface area contributed by atoms with Crippen LogP contribution in [0.2, 0.25) is 0 Å². The van der Waals surface area contributed by atoms with Crippen molar-refractivity contribution in [2.75, 3.05) is 0 Å². The molecule has 0 unspecified atom stereocenters. The van der Waals surface area contributed by atoms with Crippen LogP contribution in [0.5, 0.6) is 0 Å². The summed E-state index contributed by atoms with van der Waals surface area (Å²) in [5, 5.41) is 13.4. The van der Waals surface area contributed by atoms with E-state index in [9.17, 15) is 0 Å². The van der Waals surface area contributed by atoms with Gasteiger partial charge in [-0.05, 0) is 84.9 Å². The standard InChI is InChI=1S/C31H28N6/c1-4-20(14-24(5-2)34-19(3)21-6-7-21)23-8-9-28-26(15-23)31(37-36-28)29-16-25-27(17-33-18-30(25)35-29)22-10-12-32-13-11-22/h4-5,8-18,21,34-35H,2-3,6-7H2,1H3,(H,36,37)/b20-4+,24-14+. The lowest BCUT2D eigenvalue weighted by Gasteiger charge is -2.11. The Bertz CT molecular complexity index is 1700. The van der Waals surface area contributed by atoms with E-state index in [1.165, 1.54) is 12.8 Å². The molecule has 6 nitrogen and oxygen atoms in total. The van der Waals surface area contributed by atoms with Gasteiger partial charge in [-0.1, -0.05) is 25.3 Å². The average molecular weight is 485 g/mol. The molecule has 4 aromatic heterocycles. The molecule has 5 aromatic rings. The van der Waals surface area contributed by atoms with Crippen molar-refractivity contribution < 1.29 is 0 Å².